The molecule has 0 aliphatic carbocycles. The van der Waals surface area contributed by atoms with Gasteiger partial charge in [0, 0.05) is 6.92 Å². The lowest BCUT2D eigenvalue weighted by Gasteiger charge is -2.43. The highest BCUT2D eigenvalue weighted by Crippen LogP contribution is 2.40. The predicted molar refractivity (Wildman–Crippen MR) is 127 cm³/mol. The van der Waals surface area contributed by atoms with Crippen LogP contribution < -0.4 is 10.4 Å². The number of hydrogen-bond donors (Lipinski definition) is 0. The van der Waals surface area contributed by atoms with E-state index in [0.717, 1.165) is 0 Å². The molecule has 1 aliphatic rings. The summed E-state index contributed by atoms with van der Waals surface area (Å²) in [4.78, 5) is 11.5. The molecule has 1 fully saturated rings. The summed E-state index contributed by atoms with van der Waals surface area (Å²) < 4.78 is 33.1. The van der Waals surface area contributed by atoms with Gasteiger partial charge in [0.05, 0.1) is 18.6 Å². The van der Waals surface area contributed by atoms with E-state index in [0.29, 0.717) is 13.0 Å². The Kier molecular flexibility index (Phi) is 7.27. The fourth-order valence-electron chi connectivity index (χ4n) is 4.70. The molecular weight excluding hydrogens is 423 g/mol. The number of esters is 1. The summed E-state index contributed by atoms with van der Waals surface area (Å²) in [5, 5.41) is 2.19. The highest BCUT2D eigenvalue weighted by molar-refractivity contribution is 6.99. The SMILES string of the molecule is CC(=O)OC1O[C@H](CO[Si](c2ccccc2)(c2ccccc2)C(C)(C)C)C[C@H]1C(C)(C)F. The minimum atomic E-state index is -2.72. The molecule has 2 aromatic carbocycles. The van der Waals surface area contributed by atoms with Gasteiger partial charge in [0.2, 0.25) is 6.29 Å². The van der Waals surface area contributed by atoms with Gasteiger partial charge in [0.25, 0.3) is 8.32 Å². The number of carbonyl (C=O) groups is 1. The van der Waals surface area contributed by atoms with E-state index in [4.69, 9.17) is 13.9 Å². The maximum atomic E-state index is 14.9. The molecule has 0 saturated carbocycles. The zero-order chi connectivity index (χ0) is 23.6. The lowest BCUT2D eigenvalue weighted by Crippen LogP contribution is -2.67. The van der Waals surface area contributed by atoms with Crippen LogP contribution in [0.1, 0.15) is 48.0 Å². The van der Waals surface area contributed by atoms with Gasteiger partial charge in [-0.05, 0) is 35.7 Å². The fourth-order valence-corrected chi connectivity index (χ4v) is 9.29. The maximum absolute atomic E-state index is 14.9. The van der Waals surface area contributed by atoms with Crippen molar-refractivity contribution in [1.29, 1.82) is 0 Å². The van der Waals surface area contributed by atoms with Gasteiger partial charge >= 0.3 is 5.97 Å². The van der Waals surface area contributed by atoms with Crippen molar-refractivity contribution in [1.82, 2.24) is 0 Å². The topological polar surface area (TPSA) is 44.8 Å². The third-order valence-corrected chi connectivity index (χ3v) is 11.2. The second-order valence-corrected chi connectivity index (χ2v) is 14.4. The Balaban J connectivity index is 1.94. The molecule has 0 spiro atoms. The summed E-state index contributed by atoms with van der Waals surface area (Å²) >= 11 is 0. The fraction of sp³-hybridized carbons (Fsp3) is 0.500. The van der Waals surface area contributed by atoms with E-state index in [1.54, 1.807) is 0 Å². The molecule has 3 atom stereocenters. The van der Waals surface area contributed by atoms with Gasteiger partial charge < -0.3 is 13.9 Å². The Labute approximate surface area is 192 Å². The van der Waals surface area contributed by atoms with Crippen LogP contribution in [0, 0.1) is 5.92 Å². The molecule has 0 aromatic heterocycles. The average molecular weight is 459 g/mol. The van der Waals surface area contributed by atoms with Crippen LogP contribution in [0.3, 0.4) is 0 Å². The highest BCUT2D eigenvalue weighted by atomic mass is 28.4. The van der Waals surface area contributed by atoms with Gasteiger partial charge in [0.15, 0.2) is 0 Å². The maximum Gasteiger partial charge on any atom is 0.304 e. The number of alkyl halides is 1. The number of halogens is 1. The molecule has 4 nitrogen and oxygen atoms in total. The van der Waals surface area contributed by atoms with Gasteiger partial charge in [-0.2, -0.15) is 0 Å². The first-order valence-electron chi connectivity index (χ1n) is 11.2. The van der Waals surface area contributed by atoms with Crippen molar-refractivity contribution < 1.29 is 23.1 Å². The van der Waals surface area contributed by atoms with Crippen LogP contribution in [0.2, 0.25) is 5.04 Å². The van der Waals surface area contributed by atoms with Crippen LogP contribution in [0.4, 0.5) is 4.39 Å². The summed E-state index contributed by atoms with van der Waals surface area (Å²) in [7, 11) is -2.72. The monoisotopic (exact) mass is 458 g/mol. The van der Waals surface area contributed by atoms with E-state index in [2.05, 4.69) is 45.0 Å². The van der Waals surface area contributed by atoms with Gasteiger partial charge in [0.1, 0.15) is 5.67 Å². The first kappa shape index (κ1) is 24.6. The van der Waals surface area contributed by atoms with E-state index in [9.17, 15) is 9.18 Å². The molecule has 0 amide bonds. The van der Waals surface area contributed by atoms with Crippen molar-refractivity contribution in [2.24, 2.45) is 5.92 Å². The first-order chi connectivity index (χ1) is 14.9. The Morgan fingerprint density at radius 3 is 1.91 bits per heavy atom. The highest BCUT2D eigenvalue weighted by Gasteiger charge is 2.52. The molecule has 1 heterocycles. The summed E-state index contributed by atoms with van der Waals surface area (Å²) in [6, 6.07) is 20.7. The molecule has 174 valence electrons. The van der Waals surface area contributed by atoms with Crippen molar-refractivity contribution in [3.8, 4) is 0 Å². The largest absolute Gasteiger partial charge is 0.435 e. The molecule has 0 radical (unpaired) electrons. The van der Waals surface area contributed by atoms with Gasteiger partial charge in [-0.1, -0.05) is 81.4 Å². The van der Waals surface area contributed by atoms with Gasteiger partial charge in [-0.15, -0.1) is 0 Å². The Hall–Kier alpha value is -2.02. The molecule has 1 unspecified atom stereocenters. The van der Waals surface area contributed by atoms with Crippen molar-refractivity contribution in [3.05, 3.63) is 60.7 Å². The van der Waals surface area contributed by atoms with Crippen molar-refractivity contribution in [3.63, 3.8) is 0 Å². The number of carbonyl (C=O) groups excluding carboxylic acids is 1. The smallest absolute Gasteiger partial charge is 0.304 e. The third kappa shape index (κ3) is 5.13. The van der Waals surface area contributed by atoms with Gasteiger partial charge in [-0.3, -0.25) is 4.79 Å². The Morgan fingerprint density at radius 1 is 1.00 bits per heavy atom. The lowest BCUT2D eigenvalue weighted by atomic mass is 9.89. The molecule has 1 saturated heterocycles. The summed E-state index contributed by atoms with van der Waals surface area (Å²) in [6.45, 7) is 11.3. The summed E-state index contributed by atoms with van der Waals surface area (Å²) in [5.41, 5.74) is -1.54. The Bertz CT molecular complexity index is 850. The van der Waals surface area contributed by atoms with Crippen LogP contribution in [-0.2, 0) is 18.7 Å². The molecule has 32 heavy (non-hydrogen) atoms. The van der Waals surface area contributed by atoms with Crippen LogP contribution in [-0.4, -0.2) is 39.0 Å². The predicted octanol–water partition coefficient (Wildman–Crippen LogP) is 4.61. The number of benzene rings is 2. The summed E-state index contributed by atoms with van der Waals surface area (Å²) in [6.07, 6.45) is -0.832. The third-order valence-electron chi connectivity index (χ3n) is 6.24. The number of ether oxygens (including phenoxy) is 2. The van der Waals surface area contributed by atoms with Crippen LogP contribution in [0.25, 0.3) is 0 Å². The zero-order valence-electron chi connectivity index (χ0n) is 19.9. The van der Waals surface area contributed by atoms with Crippen molar-refractivity contribution in [2.75, 3.05) is 6.61 Å². The molecule has 2 aromatic rings. The second-order valence-electron chi connectivity index (χ2n) is 10.1. The van der Waals surface area contributed by atoms with Crippen molar-refractivity contribution in [2.45, 2.75) is 71.1 Å². The lowest BCUT2D eigenvalue weighted by molar-refractivity contribution is -0.187. The standard InChI is InChI=1S/C26H35FO4Si/c1-19(28)30-24-23(26(5,6)27)17-20(31-24)18-29-32(25(2,3)4,21-13-9-7-10-14-21)22-15-11-8-12-16-22/h7-16,20,23-24H,17-18H2,1-6H3/t20-,23+,24?/m0/s1. The van der Waals surface area contributed by atoms with E-state index >= 15 is 0 Å². The molecule has 0 bridgehead atoms. The normalized spacial score (nSPS) is 22.0. The summed E-state index contributed by atoms with van der Waals surface area (Å²) in [5.74, 6) is -1.02. The van der Waals surface area contributed by atoms with E-state index in [-0.39, 0.29) is 11.1 Å². The number of rotatable bonds is 7. The van der Waals surface area contributed by atoms with E-state index in [1.165, 1.54) is 31.1 Å². The molecule has 3 rings (SSSR count). The Morgan fingerprint density at radius 2 is 1.50 bits per heavy atom. The van der Waals surface area contributed by atoms with Crippen LogP contribution >= 0.6 is 0 Å². The molecule has 0 N–H and O–H groups in total. The molecule has 6 heteroatoms. The number of hydrogen-bond acceptors (Lipinski definition) is 4. The van der Waals surface area contributed by atoms with Crippen LogP contribution in [0.5, 0.6) is 0 Å². The van der Waals surface area contributed by atoms with E-state index in [1.807, 2.05) is 36.4 Å². The van der Waals surface area contributed by atoms with Crippen LogP contribution in [0.15, 0.2) is 60.7 Å². The second kappa shape index (κ2) is 9.46. The molecule has 1 aliphatic heterocycles. The van der Waals surface area contributed by atoms with Crippen molar-refractivity contribution >= 4 is 24.7 Å². The quantitative estimate of drug-likeness (QED) is 0.449. The average Bonchev–Trinajstić information content (AvgIpc) is 3.11. The first-order valence-corrected chi connectivity index (χ1v) is 13.1. The van der Waals surface area contributed by atoms with E-state index < -0.39 is 32.2 Å². The van der Waals surface area contributed by atoms with Gasteiger partial charge in [-0.25, -0.2) is 4.39 Å². The molecular formula is C26H35FO4Si. The minimum Gasteiger partial charge on any atom is -0.435 e. The minimum absolute atomic E-state index is 0.164. The zero-order valence-corrected chi connectivity index (χ0v) is 20.9.